The summed E-state index contributed by atoms with van der Waals surface area (Å²) < 4.78 is 0. The molecule has 0 radical (unpaired) electrons. The molecule has 1 saturated heterocycles. The van der Waals surface area contributed by atoms with Crippen LogP contribution in [-0.4, -0.2) is 31.1 Å². The lowest BCUT2D eigenvalue weighted by Gasteiger charge is -2.27. The fourth-order valence-corrected chi connectivity index (χ4v) is 2.48. The van der Waals surface area contributed by atoms with E-state index in [1.54, 1.807) is 0 Å². The first-order chi connectivity index (χ1) is 8.36. The van der Waals surface area contributed by atoms with Crippen molar-refractivity contribution in [3.63, 3.8) is 0 Å². The molecule has 0 aliphatic carbocycles. The van der Waals surface area contributed by atoms with E-state index in [4.69, 9.17) is 0 Å². The topological polar surface area (TPSA) is 15.3 Å². The molecule has 1 N–H and O–H groups in total. The molecule has 0 aromatic heterocycles. The molecular formula is C15H24N2. The summed E-state index contributed by atoms with van der Waals surface area (Å²) in [6, 6.07) is 11.1. The highest BCUT2D eigenvalue weighted by Gasteiger charge is 2.10. The third-order valence-corrected chi connectivity index (χ3v) is 3.63. The molecule has 0 amide bonds. The van der Waals surface area contributed by atoms with Gasteiger partial charge in [-0.05, 0) is 38.4 Å². The van der Waals surface area contributed by atoms with Gasteiger partial charge < -0.3 is 10.2 Å². The van der Waals surface area contributed by atoms with Crippen LogP contribution in [0.15, 0.2) is 30.3 Å². The highest BCUT2D eigenvalue weighted by Crippen LogP contribution is 2.11. The molecule has 1 fully saturated rings. The summed E-state index contributed by atoms with van der Waals surface area (Å²) in [5.41, 5.74) is 1.38. The maximum atomic E-state index is 3.60. The summed E-state index contributed by atoms with van der Waals surface area (Å²) in [7, 11) is 0. The first kappa shape index (κ1) is 12.6. The molecule has 0 bridgehead atoms. The Morgan fingerprint density at radius 1 is 1.12 bits per heavy atom. The van der Waals surface area contributed by atoms with E-state index in [1.807, 2.05) is 0 Å². The predicted molar refractivity (Wildman–Crippen MR) is 73.2 cm³/mol. The van der Waals surface area contributed by atoms with Crippen molar-refractivity contribution in [1.82, 2.24) is 10.2 Å². The van der Waals surface area contributed by atoms with Gasteiger partial charge in [-0.25, -0.2) is 0 Å². The Labute approximate surface area is 105 Å². The standard InChI is InChI=1S/C15H24N2/c1-14(15-8-4-2-5-9-15)16-10-13-17-11-6-3-7-12-17/h2,4-5,8-9,14,16H,3,6-7,10-13H2,1H3. The van der Waals surface area contributed by atoms with Gasteiger partial charge in [0.05, 0.1) is 0 Å². The van der Waals surface area contributed by atoms with E-state index in [0.29, 0.717) is 6.04 Å². The minimum absolute atomic E-state index is 0.459. The van der Waals surface area contributed by atoms with E-state index in [-0.39, 0.29) is 0 Å². The zero-order chi connectivity index (χ0) is 11.9. The van der Waals surface area contributed by atoms with Crippen LogP contribution in [-0.2, 0) is 0 Å². The second-order valence-electron chi connectivity index (χ2n) is 4.99. The Morgan fingerprint density at radius 3 is 2.53 bits per heavy atom. The van der Waals surface area contributed by atoms with Crippen molar-refractivity contribution in [1.29, 1.82) is 0 Å². The largest absolute Gasteiger partial charge is 0.309 e. The fraction of sp³-hybridized carbons (Fsp3) is 0.600. The molecule has 2 rings (SSSR count). The molecule has 1 aliphatic rings. The average molecular weight is 232 g/mol. The van der Waals surface area contributed by atoms with Gasteiger partial charge in [-0.3, -0.25) is 0 Å². The van der Waals surface area contributed by atoms with E-state index in [1.165, 1.54) is 44.5 Å². The second kappa shape index (κ2) is 6.77. The van der Waals surface area contributed by atoms with Gasteiger partial charge in [-0.15, -0.1) is 0 Å². The normalized spacial score (nSPS) is 19.1. The summed E-state index contributed by atoms with van der Waals surface area (Å²) in [5, 5.41) is 3.60. The van der Waals surface area contributed by atoms with Crippen molar-refractivity contribution >= 4 is 0 Å². The monoisotopic (exact) mass is 232 g/mol. The fourth-order valence-electron chi connectivity index (χ4n) is 2.48. The van der Waals surface area contributed by atoms with Gasteiger partial charge in [0.25, 0.3) is 0 Å². The number of benzene rings is 1. The van der Waals surface area contributed by atoms with Crippen molar-refractivity contribution in [2.24, 2.45) is 0 Å². The van der Waals surface area contributed by atoms with Crippen LogP contribution in [0.4, 0.5) is 0 Å². The Hall–Kier alpha value is -0.860. The average Bonchev–Trinajstić information content (AvgIpc) is 2.41. The van der Waals surface area contributed by atoms with Crippen LogP contribution in [0, 0.1) is 0 Å². The molecule has 2 nitrogen and oxygen atoms in total. The Bertz CT molecular complexity index is 304. The number of piperidine rings is 1. The minimum Gasteiger partial charge on any atom is -0.309 e. The van der Waals surface area contributed by atoms with Gasteiger partial charge in [0.2, 0.25) is 0 Å². The lowest BCUT2D eigenvalue weighted by molar-refractivity contribution is 0.227. The van der Waals surface area contributed by atoms with Crippen LogP contribution >= 0.6 is 0 Å². The molecule has 1 heterocycles. The van der Waals surface area contributed by atoms with Crippen molar-refractivity contribution in [3.8, 4) is 0 Å². The maximum absolute atomic E-state index is 3.60. The Kier molecular flexibility index (Phi) is 5.02. The van der Waals surface area contributed by atoms with Crippen molar-refractivity contribution < 1.29 is 0 Å². The molecule has 1 aromatic carbocycles. The first-order valence-corrected chi connectivity index (χ1v) is 6.87. The first-order valence-electron chi connectivity index (χ1n) is 6.87. The molecule has 1 atom stereocenters. The predicted octanol–water partition coefficient (Wildman–Crippen LogP) is 2.82. The van der Waals surface area contributed by atoms with E-state index < -0.39 is 0 Å². The van der Waals surface area contributed by atoms with Crippen molar-refractivity contribution in [2.45, 2.75) is 32.2 Å². The minimum atomic E-state index is 0.459. The van der Waals surface area contributed by atoms with Gasteiger partial charge in [0.1, 0.15) is 0 Å². The van der Waals surface area contributed by atoms with E-state index in [2.05, 4.69) is 47.5 Å². The van der Waals surface area contributed by atoms with Crippen molar-refractivity contribution in [2.75, 3.05) is 26.2 Å². The van der Waals surface area contributed by atoms with Gasteiger partial charge in [-0.2, -0.15) is 0 Å². The van der Waals surface area contributed by atoms with Gasteiger partial charge >= 0.3 is 0 Å². The lowest BCUT2D eigenvalue weighted by atomic mass is 10.1. The van der Waals surface area contributed by atoms with Crippen LogP contribution in [0.1, 0.15) is 37.8 Å². The number of nitrogens with zero attached hydrogens (tertiary/aromatic N) is 1. The number of likely N-dealkylation sites (tertiary alicyclic amines) is 1. The SMILES string of the molecule is CC(NCCN1CCCCC1)c1ccccc1. The molecular weight excluding hydrogens is 208 g/mol. The number of hydrogen-bond acceptors (Lipinski definition) is 2. The van der Waals surface area contributed by atoms with E-state index in [0.717, 1.165) is 6.54 Å². The van der Waals surface area contributed by atoms with Gasteiger partial charge in [-0.1, -0.05) is 36.8 Å². The van der Waals surface area contributed by atoms with Crippen LogP contribution in [0.5, 0.6) is 0 Å². The van der Waals surface area contributed by atoms with Crippen LogP contribution in [0.3, 0.4) is 0 Å². The van der Waals surface area contributed by atoms with E-state index in [9.17, 15) is 0 Å². The molecule has 1 unspecified atom stereocenters. The smallest absolute Gasteiger partial charge is 0.0292 e. The molecule has 1 aliphatic heterocycles. The number of hydrogen-bond donors (Lipinski definition) is 1. The van der Waals surface area contributed by atoms with Crippen molar-refractivity contribution in [3.05, 3.63) is 35.9 Å². The van der Waals surface area contributed by atoms with Gasteiger partial charge in [0.15, 0.2) is 0 Å². The summed E-state index contributed by atoms with van der Waals surface area (Å²) in [6.45, 7) is 7.11. The van der Waals surface area contributed by atoms with Crippen LogP contribution in [0.25, 0.3) is 0 Å². The van der Waals surface area contributed by atoms with Crippen LogP contribution < -0.4 is 5.32 Å². The maximum Gasteiger partial charge on any atom is 0.0292 e. The molecule has 0 spiro atoms. The lowest BCUT2D eigenvalue weighted by Crippen LogP contribution is -2.36. The third kappa shape index (κ3) is 4.14. The van der Waals surface area contributed by atoms with Crippen LogP contribution in [0.2, 0.25) is 0 Å². The zero-order valence-electron chi connectivity index (χ0n) is 10.9. The second-order valence-corrected chi connectivity index (χ2v) is 4.99. The van der Waals surface area contributed by atoms with E-state index >= 15 is 0 Å². The Morgan fingerprint density at radius 2 is 1.82 bits per heavy atom. The molecule has 1 aromatic rings. The summed E-state index contributed by atoms with van der Waals surface area (Å²) in [5.74, 6) is 0. The number of nitrogens with one attached hydrogen (secondary N) is 1. The van der Waals surface area contributed by atoms with Gasteiger partial charge in [0, 0.05) is 19.1 Å². The quantitative estimate of drug-likeness (QED) is 0.840. The molecule has 94 valence electrons. The third-order valence-electron chi connectivity index (χ3n) is 3.63. The highest BCUT2D eigenvalue weighted by atomic mass is 15.1. The molecule has 0 saturated carbocycles. The summed E-state index contributed by atoms with van der Waals surface area (Å²) in [4.78, 5) is 2.58. The summed E-state index contributed by atoms with van der Waals surface area (Å²) >= 11 is 0. The Balaban J connectivity index is 1.67. The zero-order valence-corrected chi connectivity index (χ0v) is 10.9. The summed E-state index contributed by atoms with van der Waals surface area (Å²) in [6.07, 6.45) is 4.19. The molecule has 17 heavy (non-hydrogen) atoms. The molecule has 2 heteroatoms. The highest BCUT2D eigenvalue weighted by molar-refractivity contribution is 5.17. The number of rotatable bonds is 5.